The van der Waals surface area contributed by atoms with Gasteiger partial charge in [-0.2, -0.15) is 11.8 Å². The molecule has 4 heterocycles. The lowest BCUT2D eigenvalue weighted by molar-refractivity contribution is -0.136. The molecule has 2 aliphatic heterocycles. The van der Waals surface area contributed by atoms with Crippen LogP contribution in [0.3, 0.4) is 0 Å². The first-order chi connectivity index (χ1) is 25.6. The predicted octanol–water partition coefficient (Wildman–Crippen LogP) is 5.82. The Morgan fingerprint density at radius 1 is 0.962 bits per heavy atom. The molecule has 2 fully saturated rings. The maximum atomic E-state index is 13.7. The first kappa shape index (κ1) is 36.5. The Morgan fingerprint density at radius 2 is 1.77 bits per heavy atom. The lowest BCUT2D eigenvalue weighted by atomic mass is 9.95. The Hall–Kier alpha value is -4.84. The van der Waals surface area contributed by atoms with Gasteiger partial charge in [0.05, 0.1) is 0 Å². The fourth-order valence-electron chi connectivity index (χ4n) is 7.73. The van der Waals surface area contributed by atoms with Gasteiger partial charge in [-0.3, -0.25) is 29.3 Å². The highest BCUT2D eigenvalue weighted by atomic mass is 32.2. The Balaban J connectivity index is 0.974. The summed E-state index contributed by atoms with van der Waals surface area (Å²) < 4.78 is 1.62. The number of aryl methyl sites for hydroxylation is 3. The number of aromatic amines is 1. The molecule has 278 valence electrons. The molecule has 2 aromatic carbocycles. The number of piperidine rings is 1. The monoisotopic (exact) mass is 736 g/mol. The van der Waals surface area contributed by atoms with Crippen LogP contribution in [0.2, 0.25) is 0 Å². The first-order valence-electron chi connectivity index (χ1n) is 18.8. The normalized spacial score (nSPS) is 17.0. The molecule has 53 heavy (non-hydrogen) atoms. The van der Waals surface area contributed by atoms with Crippen molar-refractivity contribution in [3.05, 3.63) is 86.5 Å². The molecule has 0 spiro atoms. The number of fused-ring (bicyclic) bond motifs is 2. The van der Waals surface area contributed by atoms with Crippen LogP contribution in [0.5, 0.6) is 0 Å². The number of imide groups is 1. The van der Waals surface area contributed by atoms with Gasteiger partial charge in [-0.05, 0) is 98.6 Å². The summed E-state index contributed by atoms with van der Waals surface area (Å²) in [5, 5.41) is 10.1. The molecule has 1 aliphatic carbocycles. The van der Waals surface area contributed by atoms with E-state index in [2.05, 4.69) is 33.1 Å². The van der Waals surface area contributed by atoms with Crippen molar-refractivity contribution in [1.29, 1.82) is 0 Å². The number of hydrogen-bond acceptors (Lipinski definition) is 7. The van der Waals surface area contributed by atoms with Gasteiger partial charge in [0.2, 0.25) is 11.8 Å². The van der Waals surface area contributed by atoms with Gasteiger partial charge in [0, 0.05) is 84.1 Å². The van der Waals surface area contributed by atoms with Crippen LogP contribution in [0.4, 0.5) is 5.69 Å². The maximum absolute atomic E-state index is 13.7. The number of unbranched alkanes of at least 4 members (excludes halogenated alkanes) is 3. The number of thioether (sulfide) groups is 1. The molecule has 12 heteroatoms. The van der Waals surface area contributed by atoms with Gasteiger partial charge in [0.1, 0.15) is 11.6 Å². The minimum Gasteiger partial charge on any atom is -0.384 e. The minimum atomic E-state index is -0.615. The molecule has 7 rings (SSSR count). The average molecular weight is 737 g/mol. The quantitative estimate of drug-likeness (QED) is 0.0890. The fourth-order valence-corrected chi connectivity index (χ4v) is 8.28. The summed E-state index contributed by atoms with van der Waals surface area (Å²) in [7, 11) is 1.78. The van der Waals surface area contributed by atoms with Crippen LogP contribution in [0.25, 0.3) is 22.0 Å². The van der Waals surface area contributed by atoms with E-state index in [0.29, 0.717) is 47.8 Å². The number of benzene rings is 2. The molecule has 4 amide bonds. The standard InChI is InChI=1S/C41H48N6O5S/c1-24-17-31-33(21-46(2)41(52)37(31)44-24)30-18-27(23-53-3)29(19-34(30)43-20-25-12-13-25)38(49)42-16-7-5-4-6-9-26-10-8-11-28-32(26)22-47(40(28)51)35-14-15-36(48)45-39(35)50/h8,10-11,17-19,21,25,35,43-44H,4-7,9,12-16,20,22-23H2,1-3H3,(H,42,49)(H,45,48,50). The molecule has 0 radical (unpaired) electrons. The van der Waals surface area contributed by atoms with Gasteiger partial charge in [-0.15, -0.1) is 0 Å². The van der Waals surface area contributed by atoms with Gasteiger partial charge >= 0.3 is 0 Å². The van der Waals surface area contributed by atoms with Crippen LogP contribution in [-0.2, 0) is 35.4 Å². The third-order valence-corrected chi connectivity index (χ3v) is 11.4. The van der Waals surface area contributed by atoms with Crippen LogP contribution in [0, 0.1) is 12.8 Å². The van der Waals surface area contributed by atoms with Crippen LogP contribution < -0.4 is 21.5 Å². The number of carbonyl (C=O) groups is 4. The summed E-state index contributed by atoms with van der Waals surface area (Å²) in [5.41, 5.74) is 8.68. The zero-order valence-electron chi connectivity index (χ0n) is 30.7. The number of pyridine rings is 1. The van der Waals surface area contributed by atoms with Crippen molar-refractivity contribution < 1.29 is 19.2 Å². The van der Waals surface area contributed by atoms with Crippen molar-refractivity contribution in [1.82, 2.24) is 25.1 Å². The Morgan fingerprint density at radius 3 is 2.55 bits per heavy atom. The minimum absolute atomic E-state index is 0.0666. The van der Waals surface area contributed by atoms with E-state index in [-0.39, 0.29) is 29.7 Å². The molecule has 4 aromatic rings. The van der Waals surface area contributed by atoms with Crippen molar-refractivity contribution >= 4 is 52.0 Å². The molecular formula is C41H48N6O5S. The molecule has 2 aromatic heterocycles. The predicted molar refractivity (Wildman–Crippen MR) is 209 cm³/mol. The number of aromatic nitrogens is 2. The van der Waals surface area contributed by atoms with Crippen molar-refractivity contribution in [2.45, 2.75) is 83.1 Å². The van der Waals surface area contributed by atoms with Crippen molar-refractivity contribution in [3.63, 3.8) is 0 Å². The first-order valence-corrected chi connectivity index (χ1v) is 20.1. The number of carbonyl (C=O) groups excluding carboxylic acids is 4. The number of rotatable bonds is 15. The lowest BCUT2D eigenvalue weighted by Crippen LogP contribution is -2.52. The highest BCUT2D eigenvalue weighted by molar-refractivity contribution is 7.97. The second-order valence-electron chi connectivity index (χ2n) is 14.8. The number of H-pyrrole nitrogens is 1. The zero-order valence-corrected chi connectivity index (χ0v) is 31.5. The fraction of sp³-hybridized carbons (Fsp3) is 0.439. The molecule has 1 saturated carbocycles. The van der Waals surface area contributed by atoms with Crippen molar-refractivity contribution in [2.24, 2.45) is 13.0 Å². The maximum Gasteiger partial charge on any atom is 0.274 e. The number of anilines is 1. The molecule has 1 saturated heterocycles. The average Bonchev–Trinajstić information content (AvgIpc) is 3.80. The Kier molecular flexibility index (Phi) is 10.8. The molecule has 3 aliphatic rings. The number of nitrogens with one attached hydrogen (secondary N) is 4. The summed E-state index contributed by atoms with van der Waals surface area (Å²) >= 11 is 1.67. The van der Waals surface area contributed by atoms with E-state index in [4.69, 9.17) is 0 Å². The summed E-state index contributed by atoms with van der Waals surface area (Å²) in [5.74, 6) is 0.409. The van der Waals surface area contributed by atoms with E-state index in [1.165, 1.54) is 12.8 Å². The molecule has 0 bridgehead atoms. The van der Waals surface area contributed by atoms with E-state index >= 15 is 0 Å². The topological polar surface area (TPSA) is 145 Å². The van der Waals surface area contributed by atoms with Crippen molar-refractivity contribution in [3.8, 4) is 11.1 Å². The lowest BCUT2D eigenvalue weighted by Gasteiger charge is -2.29. The van der Waals surface area contributed by atoms with Crippen LogP contribution in [0.15, 0.2) is 47.4 Å². The molecule has 11 nitrogen and oxygen atoms in total. The van der Waals surface area contributed by atoms with E-state index < -0.39 is 11.9 Å². The summed E-state index contributed by atoms with van der Waals surface area (Å²) in [4.78, 5) is 68.8. The zero-order chi connectivity index (χ0) is 37.2. The third kappa shape index (κ3) is 7.78. The summed E-state index contributed by atoms with van der Waals surface area (Å²) in [6.45, 7) is 3.77. The Bertz CT molecular complexity index is 2150. The van der Waals surface area contributed by atoms with Crippen LogP contribution in [0.1, 0.15) is 94.5 Å². The molecular weight excluding hydrogens is 689 g/mol. The van der Waals surface area contributed by atoms with Crippen LogP contribution >= 0.6 is 11.8 Å². The largest absolute Gasteiger partial charge is 0.384 e. The third-order valence-electron chi connectivity index (χ3n) is 10.8. The smallest absolute Gasteiger partial charge is 0.274 e. The molecule has 4 N–H and O–H groups in total. The van der Waals surface area contributed by atoms with Gasteiger partial charge in [0.25, 0.3) is 17.4 Å². The van der Waals surface area contributed by atoms with Gasteiger partial charge in [-0.25, -0.2) is 0 Å². The number of nitrogens with zero attached hydrogens (tertiary/aromatic N) is 2. The second-order valence-corrected chi connectivity index (χ2v) is 15.6. The second kappa shape index (κ2) is 15.6. The van der Waals surface area contributed by atoms with E-state index in [1.807, 2.05) is 43.6 Å². The number of amides is 4. The number of hydrogen-bond donors (Lipinski definition) is 4. The van der Waals surface area contributed by atoms with Crippen molar-refractivity contribution in [2.75, 3.05) is 24.7 Å². The highest BCUT2D eigenvalue weighted by Gasteiger charge is 2.39. The SMILES string of the molecule is CSCc1cc(-c2cn(C)c(=O)c3[nH]c(C)cc23)c(NCC2CC2)cc1C(=O)NCCCCCCc1cccc2c1CN(C1CCC(=O)NC1=O)C2=O. The highest BCUT2D eigenvalue weighted by Crippen LogP contribution is 2.38. The van der Waals surface area contributed by atoms with E-state index in [9.17, 15) is 24.0 Å². The molecule has 1 unspecified atom stereocenters. The Labute approximate surface area is 313 Å². The van der Waals surface area contributed by atoms with Gasteiger partial charge < -0.3 is 25.1 Å². The van der Waals surface area contributed by atoms with Gasteiger partial charge in [-0.1, -0.05) is 25.0 Å². The molecule has 1 atom stereocenters. The van der Waals surface area contributed by atoms with Crippen LogP contribution in [-0.4, -0.2) is 63.5 Å². The summed E-state index contributed by atoms with van der Waals surface area (Å²) in [6, 6.07) is 11.3. The van der Waals surface area contributed by atoms with E-state index in [1.54, 1.807) is 28.3 Å². The van der Waals surface area contributed by atoms with Gasteiger partial charge in [0.15, 0.2) is 0 Å². The summed E-state index contributed by atoms with van der Waals surface area (Å²) in [6.07, 6.45) is 11.5. The van der Waals surface area contributed by atoms with E-state index in [0.717, 1.165) is 83.2 Å².